The molecule has 0 aliphatic carbocycles. The number of allylic oxidation sites excluding steroid dienone is 6. The molecule has 0 unspecified atom stereocenters. The van der Waals surface area contributed by atoms with Gasteiger partial charge in [0.05, 0.1) is 6.61 Å². The lowest BCUT2D eigenvalue weighted by atomic mass is 10.0. The molecule has 0 rings (SSSR count). The average molecular weight is 419 g/mol. The van der Waals surface area contributed by atoms with Crippen molar-refractivity contribution in [3.8, 4) is 0 Å². The highest BCUT2D eigenvalue weighted by molar-refractivity contribution is 5.95. The van der Waals surface area contributed by atoms with Crippen molar-refractivity contribution in [2.45, 2.75) is 73.1 Å². The third-order valence-electron chi connectivity index (χ3n) is 4.65. The molecule has 0 bridgehead atoms. The van der Waals surface area contributed by atoms with E-state index in [-0.39, 0.29) is 18.8 Å². The number of aliphatic hydroxyl groups is 1. The molecule has 5 nitrogen and oxygen atoms in total. The molecule has 0 saturated heterocycles. The molecule has 0 aromatic heterocycles. The molecular weight excluding hydrogens is 380 g/mol. The molecule has 0 radical (unpaired) electrons. The maximum Gasteiger partial charge on any atom is 0.334 e. The van der Waals surface area contributed by atoms with Gasteiger partial charge in [0.2, 0.25) is 0 Å². The van der Waals surface area contributed by atoms with E-state index in [1.807, 2.05) is 19.9 Å². The summed E-state index contributed by atoms with van der Waals surface area (Å²) < 4.78 is 5.04. The molecular formula is C25H38O5. The zero-order chi connectivity index (χ0) is 22.9. The molecule has 0 fully saturated rings. The Bertz CT molecular complexity index is 705. The minimum absolute atomic E-state index is 0.0770. The van der Waals surface area contributed by atoms with Crippen LogP contribution in [0, 0.1) is 0 Å². The van der Waals surface area contributed by atoms with E-state index in [2.05, 4.69) is 32.1 Å². The number of carbonyl (C=O) groups excluding carboxylic acids is 1. The Morgan fingerprint density at radius 1 is 0.733 bits per heavy atom. The second-order valence-electron chi connectivity index (χ2n) is 7.74. The number of hydrogen-bond donors (Lipinski definition) is 2. The Hall–Kier alpha value is -2.40. The number of aliphatic hydroxyl groups excluding tert-OH is 1. The molecule has 0 aliphatic rings. The summed E-state index contributed by atoms with van der Waals surface area (Å²) in [4.78, 5) is 22.1. The fourth-order valence-corrected chi connectivity index (χ4v) is 2.63. The second kappa shape index (κ2) is 16.4. The largest absolute Gasteiger partial charge is 0.478 e. The minimum atomic E-state index is -1.16. The Labute approximate surface area is 181 Å². The van der Waals surface area contributed by atoms with E-state index in [0.717, 1.165) is 55.7 Å². The van der Waals surface area contributed by atoms with Crippen LogP contribution >= 0.6 is 0 Å². The Balaban J connectivity index is 4.18. The van der Waals surface area contributed by atoms with Crippen LogP contribution in [-0.4, -0.2) is 35.4 Å². The number of rotatable bonds is 14. The summed E-state index contributed by atoms with van der Waals surface area (Å²) in [6, 6.07) is 0. The van der Waals surface area contributed by atoms with E-state index in [1.54, 1.807) is 0 Å². The van der Waals surface area contributed by atoms with Crippen LogP contribution in [0.2, 0.25) is 0 Å². The first-order valence-corrected chi connectivity index (χ1v) is 10.5. The van der Waals surface area contributed by atoms with Crippen LogP contribution in [0.15, 0.2) is 58.2 Å². The zero-order valence-corrected chi connectivity index (χ0v) is 19.2. The fraction of sp³-hybridized carbons (Fsp3) is 0.520. The van der Waals surface area contributed by atoms with Crippen LogP contribution < -0.4 is 0 Å². The third-order valence-corrected chi connectivity index (χ3v) is 4.65. The van der Waals surface area contributed by atoms with Crippen molar-refractivity contribution in [2.24, 2.45) is 0 Å². The van der Waals surface area contributed by atoms with Crippen molar-refractivity contribution < 1.29 is 24.5 Å². The summed E-state index contributed by atoms with van der Waals surface area (Å²) in [6.45, 7) is 9.95. The van der Waals surface area contributed by atoms with Crippen molar-refractivity contribution in [1.82, 2.24) is 0 Å². The van der Waals surface area contributed by atoms with Gasteiger partial charge in [0.15, 0.2) is 0 Å². The smallest absolute Gasteiger partial charge is 0.334 e. The first kappa shape index (κ1) is 27.6. The van der Waals surface area contributed by atoms with E-state index >= 15 is 0 Å². The molecule has 168 valence electrons. The fourth-order valence-electron chi connectivity index (χ4n) is 2.63. The average Bonchev–Trinajstić information content (AvgIpc) is 2.67. The van der Waals surface area contributed by atoms with E-state index in [4.69, 9.17) is 14.9 Å². The molecule has 2 N–H and O–H groups in total. The van der Waals surface area contributed by atoms with E-state index in [1.165, 1.54) is 18.1 Å². The minimum Gasteiger partial charge on any atom is -0.478 e. The molecule has 0 heterocycles. The lowest BCUT2D eigenvalue weighted by molar-refractivity contribution is -0.138. The van der Waals surface area contributed by atoms with Gasteiger partial charge in [0, 0.05) is 11.6 Å². The number of aliphatic carboxylic acids is 1. The van der Waals surface area contributed by atoms with Crippen molar-refractivity contribution in [2.75, 3.05) is 13.2 Å². The number of ether oxygens (including phenoxy) is 1. The van der Waals surface area contributed by atoms with E-state index in [0.29, 0.717) is 0 Å². The number of carbonyl (C=O) groups is 2. The van der Waals surface area contributed by atoms with Crippen LogP contribution in [0.1, 0.15) is 73.1 Å². The quantitative estimate of drug-likeness (QED) is 0.215. The van der Waals surface area contributed by atoms with Crippen LogP contribution in [0.25, 0.3) is 0 Å². The second-order valence-corrected chi connectivity index (χ2v) is 7.74. The lowest BCUT2D eigenvalue weighted by Crippen LogP contribution is -2.07. The van der Waals surface area contributed by atoms with Crippen molar-refractivity contribution in [3.05, 3.63) is 58.2 Å². The van der Waals surface area contributed by atoms with Gasteiger partial charge in [-0.25, -0.2) is 9.59 Å². The molecule has 0 atom stereocenters. The summed E-state index contributed by atoms with van der Waals surface area (Å²) in [5.74, 6) is -1.77. The highest BCUT2D eigenvalue weighted by Gasteiger charge is 2.06. The van der Waals surface area contributed by atoms with Gasteiger partial charge in [-0.05, 0) is 79.2 Å². The molecule has 0 aromatic rings. The third kappa shape index (κ3) is 15.5. The maximum atomic E-state index is 11.6. The summed E-state index contributed by atoms with van der Waals surface area (Å²) in [7, 11) is 0. The molecule has 0 aromatic carbocycles. The summed E-state index contributed by atoms with van der Waals surface area (Å²) >= 11 is 0. The molecule has 5 heteroatoms. The topological polar surface area (TPSA) is 83.8 Å². The molecule has 0 spiro atoms. The Morgan fingerprint density at radius 3 is 1.60 bits per heavy atom. The molecule has 0 amide bonds. The van der Waals surface area contributed by atoms with Crippen LogP contribution in [-0.2, 0) is 14.3 Å². The summed E-state index contributed by atoms with van der Waals surface area (Å²) in [5, 5.41) is 17.6. The summed E-state index contributed by atoms with van der Waals surface area (Å²) in [6.07, 6.45) is 15.2. The monoisotopic (exact) mass is 418 g/mol. The Kier molecular flexibility index (Phi) is 15.1. The first-order valence-electron chi connectivity index (χ1n) is 10.5. The van der Waals surface area contributed by atoms with Gasteiger partial charge >= 0.3 is 11.9 Å². The Morgan fingerprint density at radius 2 is 1.17 bits per heavy atom. The molecule has 0 aliphatic heterocycles. The lowest BCUT2D eigenvalue weighted by Gasteiger charge is -2.04. The van der Waals surface area contributed by atoms with Gasteiger partial charge in [0.1, 0.15) is 6.61 Å². The predicted molar refractivity (Wildman–Crippen MR) is 122 cm³/mol. The van der Waals surface area contributed by atoms with Gasteiger partial charge in [-0.15, -0.1) is 0 Å². The first-order chi connectivity index (χ1) is 14.1. The highest BCUT2D eigenvalue weighted by atomic mass is 16.5. The van der Waals surface area contributed by atoms with Gasteiger partial charge < -0.3 is 14.9 Å². The van der Waals surface area contributed by atoms with E-state index in [9.17, 15) is 9.59 Å². The van der Waals surface area contributed by atoms with Crippen LogP contribution in [0.4, 0.5) is 0 Å². The molecule has 0 saturated carbocycles. The summed E-state index contributed by atoms with van der Waals surface area (Å²) in [5.41, 5.74) is 4.98. The predicted octanol–water partition coefficient (Wildman–Crippen LogP) is 5.68. The van der Waals surface area contributed by atoms with Gasteiger partial charge in [-0.3, -0.25) is 0 Å². The normalized spacial score (nSPS) is 14.1. The van der Waals surface area contributed by atoms with Crippen molar-refractivity contribution >= 4 is 11.9 Å². The molecule has 30 heavy (non-hydrogen) atoms. The highest BCUT2D eigenvalue weighted by Crippen LogP contribution is 2.13. The van der Waals surface area contributed by atoms with Gasteiger partial charge in [0.25, 0.3) is 0 Å². The van der Waals surface area contributed by atoms with Gasteiger partial charge in [-0.1, -0.05) is 40.5 Å². The number of esters is 1. The van der Waals surface area contributed by atoms with Crippen LogP contribution in [0.5, 0.6) is 0 Å². The van der Waals surface area contributed by atoms with Crippen molar-refractivity contribution in [3.63, 3.8) is 0 Å². The number of hydrogen-bond acceptors (Lipinski definition) is 4. The standard InChI is InChI=1S/C25H38O5/c1-19(9-6-10-20(2)12-8-14-22(4)18-26)11-7-13-21(3)15-16-30-25(29)23(5)17-24(27)28/h10-11,14-15,17,26H,6-9,12-13,16,18H2,1-5H3,(H,27,28)/b19-11+,20-10+,21-15+,22-14+,23-17+. The number of carboxylic acid groups (broad SMARTS) is 1. The van der Waals surface area contributed by atoms with Gasteiger partial charge in [-0.2, -0.15) is 0 Å². The SMILES string of the molecule is C/C(=C\CC/C(C)=C/CC/C(C)=C/CC/C(C)=C/COC(=O)/C(C)=C/C(=O)O)CO. The number of carboxylic acids is 1. The van der Waals surface area contributed by atoms with Crippen molar-refractivity contribution in [1.29, 1.82) is 0 Å². The zero-order valence-electron chi connectivity index (χ0n) is 19.2. The van der Waals surface area contributed by atoms with Crippen LogP contribution in [0.3, 0.4) is 0 Å². The maximum absolute atomic E-state index is 11.6. The van der Waals surface area contributed by atoms with E-state index < -0.39 is 11.9 Å².